The quantitative estimate of drug-likeness (QED) is 0.729. The molecular formula is C15H16INS. The van der Waals surface area contributed by atoms with Crippen molar-refractivity contribution in [3.63, 3.8) is 0 Å². The van der Waals surface area contributed by atoms with Crippen molar-refractivity contribution in [2.45, 2.75) is 25.8 Å². The average Bonchev–Trinajstić information content (AvgIpc) is 3.05. The molecule has 1 atom stereocenters. The molecule has 1 saturated carbocycles. The summed E-state index contributed by atoms with van der Waals surface area (Å²) in [7, 11) is 0. The van der Waals surface area contributed by atoms with Crippen LogP contribution in [0.25, 0.3) is 0 Å². The van der Waals surface area contributed by atoms with Gasteiger partial charge in [-0.05, 0) is 77.4 Å². The van der Waals surface area contributed by atoms with E-state index in [1.807, 2.05) is 11.3 Å². The molecular weight excluding hydrogens is 353 g/mol. The zero-order chi connectivity index (χ0) is 12.5. The minimum atomic E-state index is 0.503. The standard InChI is InChI=1S/C15H16INS/c1-10-4-7-12(9-13(10)16)17-15(11-5-6-11)14-3-2-8-18-14/h2-4,7-9,11,15,17H,5-6H2,1H3. The molecule has 1 aromatic carbocycles. The van der Waals surface area contributed by atoms with E-state index in [9.17, 15) is 0 Å². The van der Waals surface area contributed by atoms with Gasteiger partial charge in [0.05, 0.1) is 6.04 Å². The molecule has 3 heteroatoms. The number of hydrogen-bond donors (Lipinski definition) is 1. The summed E-state index contributed by atoms with van der Waals surface area (Å²) in [5.74, 6) is 0.822. The van der Waals surface area contributed by atoms with Crippen LogP contribution in [0.3, 0.4) is 0 Å². The molecule has 3 rings (SSSR count). The lowest BCUT2D eigenvalue weighted by atomic mass is 10.1. The molecule has 1 aromatic heterocycles. The molecule has 94 valence electrons. The molecule has 1 N–H and O–H groups in total. The Kier molecular flexibility index (Phi) is 3.61. The molecule has 1 heterocycles. The first kappa shape index (κ1) is 12.5. The van der Waals surface area contributed by atoms with E-state index in [1.54, 1.807) is 0 Å². The number of nitrogens with one attached hydrogen (secondary N) is 1. The summed E-state index contributed by atoms with van der Waals surface area (Å²) < 4.78 is 1.33. The lowest BCUT2D eigenvalue weighted by Crippen LogP contribution is -2.11. The lowest BCUT2D eigenvalue weighted by Gasteiger charge is -2.18. The molecule has 0 saturated heterocycles. The van der Waals surface area contributed by atoms with Crippen molar-refractivity contribution in [1.82, 2.24) is 0 Å². The molecule has 0 radical (unpaired) electrons. The van der Waals surface area contributed by atoms with Crippen molar-refractivity contribution < 1.29 is 0 Å². The molecule has 1 aliphatic rings. The first-order chi connectivity index (χ1) is 8.74. The highest BCUT2D eigenvalue weighted by Gasteiger charge is 2.32. The first-order valence-electron chi connectivity index (χ1n) is 6.30. The Labute approximate surface area is 126 Å². The third-order valence-corrected chi connectivity index (χ3v) is 5.55. The molecule has 0 aliphatic heterocycles. The highest BCUT2D eigenvalue weighted by molar-refractivity contribution is 14.1. The zero-order valence-electron chi connectivity index (χ0n) is 10.3. The fourth-order valence-electron chi connectivity index (χ4n) is 2.18. The monoisotopic (exact) mass is 369 g/mol. The maximum atomic E-state index is 3.72. The molecule has 1 unspecified atom stereocenters. The van der Waals surface area contributed by atoms with Crippen molar-refractivity contribution in [1.29, 1.82) is 0 Å². The zero-order valence-corrected chi connectivity index (χ0v) is 13.3. The molecule has 0 bridgehead atoms. The predicted octanol–water partition coefficient (Wildman–Crippen LogP) is 5.22. The largest absolute Gasteiger partial charge is 0.377 e. The van der Waals surface area contributed by atoms with Crippen LogP contribution in [0.4, 0.5) is 5.69 Å². The van der Waals surface area contributed by atoms with Crippen molar-refractivity contribution >= 4 is 39.6 Å². The van der Waals surface area contributed by atoms with E-state index < -0.39 is 0 Å². The number of halogens is 1. The molecule has 0 spiro atoms. The molecule has 1 nitrogen and oxygen atoms in total. The van der Waals surface area contributed by atoms with Gasteiger partial charge in [-0.2, -0.15) is 0 Å². The van der Waals surface area contributed by atoms with Gasteiger partial charge < -0.3 is 5.32 Å². The van der Waals surface area contributed by atoms with Crippen molar-refractivity contribution in [3.05, 3.63) is 49.7 Å². The number of anilines is 1. The third kappa shape index (κ3) is 2.72. The van der Waals surface area contributed by atoms with Crippen LogP contribution in [0.2, 0.25) is 0 Å². The Balaban J connectivity index is 1.82. The van der Waals surface area contributed by atoms with E-state index in [0.717, 1.165) is 5.92 Å². The lowest BCUT2D eigenvalue weighted by molar-refractivity contribution is 0.691. The van der Waals surface area contributed by atoms with Crippen LogP contribution < -0.4 is 5.32 Å². The summed E-state index contributed by atoms with van der Waals surface area (Å²) in [5, 5.41) is 5.89. The Morgan fingerprint density at radius 1 is 1.33 bits per heavy atom. The first-order valence-corrected chi connectivity index (χ1v) is 8.26. The second-order valence-corrected chi connectivity index (χ2v) is 7.08. The van der Waals surface area contributed by atoms with Gasteiger partial charge in [0.15, 0.2) is 0 Å². The van der Waals surface area contributed by atoms with Gasteiger partial charge in [-0.25, -0.2) is 0 Å². The molecule has 1 aliphatic carbocycles. The molecule has 1 fully saturated rings. The number of benzene rings is 1. The van der Waals surface area contributed by atoms with Crippen LogP contribution in [-0.4, -0.2) is 0 Å². The predicted molar refractivity (Wildman–Crippen MR) is 87.3 cm³/mol. The smallest absolute Gasteiger partial charge is 0.0634 e. The van der Waals surface area contributed by atoms with Gasteiger partial charge in [-0.15, -0.1) is 11.3 Å². The maximum Gasteiger partial charge on any atom is 0.0634 e. The van der Waals surface area contributed by atoms with E-state index in [1.165, 1.54) is 32.5 Å². The van der Waals surface area contributed by atoms with Crippen LogP contribution in [0.15, 0.2) is 35.7 Å². The fraction of sp³-hybridized carbons (Fsp3) is 0.333. The Morgan fingerprint density at radius 3 is 2.78 bits per heavy atom. The van der Waals surface area contributed by atoms with E-state index >= 15 is 0 Å². The summed E-state index contributed by atoms with van der Waals surface area (Å²) in [4.78, 5) is 1.47. The maximum absolute atomic E-state index is 3.72. The summed E-state index contributed by atoms with van der Waals surface area (Å²) >= 11 is 4.27. The van der Waals surface area contributed by atoms with Gasteiger partial charge in [0.1, 0.15) is 0 Å². The molecule has 18 heavy (non-hydrogen) atoms. The fourth-order valence-corrected chi connectivity index (χ4v) is 3.57. The van der Waals surface area contributed by atoms with Crippen molar-refractivity contribution in [3.8, 4) is 0 Å². The van der Waals surface area contributed by atoms with E-state index in [2.05, 4.69) is 70.5 Å². The average molecular weight is 369 g/mol. The number of rotatable bonds is 4. The minimum absolute atomic E-state index is 0.503. The van der Waals surface area contributed by atoms with E-state index in [-0.39, 0.29) is 0 Å². The van der Waals surface area contributed by atoms with Gasteiger partial charge in [0.2, 0.25) is 0 Å². The number of aryl methyl sites for hydroxylation is 1. The third-order valence-electron chi connectivity index (χ3n) is 3.44. The second-order valence-electron chi connectivity index (χ2n) is 4.94. The van der Waals surface area contributed by atoms with Crippen LogP contribution in [0.5, 0.6) is 0 Å². The van der Waals surface area contributed by atoms with Crippen LogP contribution in [0, 0.1) is 16.4 Å². The summed E-state index contributed by atoms with van der Waals surface area (Å²) in [6.07, 6.45) is 2.72. The van der Waals surface area contributed by atoms with Gasteiger partial charge in [0, 0.05) is 14.1 Å². The van der Waals surface area contributed by atoms with E-state index in [4.69, 9.17) is 0 Å². The van der Waals surface area contributed by atoms with Crippen molar-refractivity contribution in [2.75, 3.05) is 5.32 Å². The van der Waals surface area contributed by atoms with Crippen LogP contribution in [0.1, 0.15) is 29.3 Å². The second kappa shape index (κ2) is 5.21. The summed E-state index contributed by atoms with van der Waals surface area (Å²) in [6, 6.07) is 11.5. The normalized spacial score (nSPS) is 16.6. The Hall–Kier alpha value is -0.550. The molecule has 2 aromatic rings. The van der Waals surface area contributed by atoms with Gasteiger partial charge >= 0.3 is 0 Å². The molecule has 0 amide bonds. The topological polar surface area (TPSA) is 12.0 Å². The number of thiophene rings is 1. The van der Waals surface area contributed by atoms with Gasteiger partial charge in [0.25, 0.3) is 0 Å². The van der Waals surface area contributed by atoms with Crippen LogP contribution in [-0.2, 0) is 0 Å². The summed E-state index contributed by atoms with van der Waals surface area (Å²) in [6.45, 7) is 2.16. The van der Waals surface area contributed by atoms with E-state index in [0.29, 0.717) is 6.04 Å². The van der Waals surface area contributed by atoms with Gasteiger partial charge in [-0.3, -0.25) is 0 Å². The van der Waals surface area contributed by atoms with Crippen molar-refractivity contribution in [2.24, 2.45) is 5.92 Å². The Bertz CT molecular complexity index is 531. The van der Waals surface area contributed by atoms with Crippen LogP contribution >= 0.6 is 33.9 Å². The minimum Gasteiger partial charge on any atom is -0.377 e. The highest BCUT2D eigenvalue weighted by Crippen LogP contribution is 2.44. The SMILES string of the molecule is Cc1ccc(NC(c2cccs2)C2CC2)cc1I. The summed E-state index contributed by atoms with van der Waals surface area (Å²) in [5.41, 5.74) is 2.59. The highest BCUT2D eigenvalue weighted by atomic mass is 127. The number of hydrogen-bond acceptors (Lipinski definition) is 2. The van der Waals surface area contributed by atoms with Gasteiger partial charge in [-0.1, -0.05) is 12.1 Å². The Morgan fingerprint density at radius 2 is 2.17 bits per heavy atom.